The zero-order chi connectivity index (χ0) is 16.4. The largest absolute Gasteiger partial charge is 0.293 e. The molecule has 0 N–H and O–H groups in total. The van der Waals surface area contributed by atoms with E-state index in [1.807, 2.05) is 37.3 Å². The van der Waals surface area contributed by atoms with Gasteiger partial charge >= 0.3 is 0 Å². The first kappa shape index (κ1) is 15.0. The summed E-state index contributed by atoms with van der Waals surface area (Å²) in [6.07, 6.45) is 0. The Bertz CT molecular complexity index is 800. The van der Waals surface area contributed by atoms with Crippen LogP contribution in [0, 0.1) is 5.92 Å². The standard InChI is InChI=1S/C19H16N2O2/c1-12(14-8-4-3-5-9-14)20-21-13(2)17-18(22)15-10-6-7-11-16(15)19(17)23/h3-11,17H,1-2H3. The lowest BCUT2D eigenvalue weighted by molar-refractivity contribution is 0.0883. The molecule has 4 nitrogen and oxygen atoms in total. The third-order valence-corrected chi connectivity index (χ3v) is 3.95. The second kappa shape index (κ2) is 6.08. The van der Waals surface area contributed by atoms with Crippen LogP contribution in [0.25, 0.3) is 0 Å². The highest BCUT2D eigenvalue weighted by molar-refractivity contribution is 6.36. The van der Waals surface area contributed by atoms with Crippen molar-refractivity contribution in [3.8, 4) is 0 Å². The van der Waals surface area contributed by atoms with Gasteiger partial charge in [0.05, 0.1) is 11.4 Å². The number of ketones is 2. The van der Waals surface area contributed by atoms with Crippen molar-refractivity contribution < 1.29 is 9.59 Å². The van der Waals surface area contributed by atoms with E-state index in [9.17, 15) is 9.59 Å². The van der Waals surface area contributed by atoms with E-state index in [4.69, 9.17) is 0 Å². The molecule has 23 heavy (non-hydrogen) atoms. The maximum absolute atomic E-state index is 12.4. The summed E-state index contributed by atoms with van der Waals surface area (Å²) in [4.78, 5) is 24.8. The summed E-state index contributed by atoms with van der Waals surface area (Å²) in [5.74, 6) is -1.24. The zero-order valence-electron chi connectivity index (χ0n) is 13.0. The highest BCUT2D eigenvalue weighted by Crippen LogP contribution is 2.27. The molecule has 0 fully saturated rings. The average molecular weight is 304 g/mol. The van der Waals surface area contributed by atoms with E-state index in [2.05, 4.69) is 10.2 Å². The second-order valence-corrected chi connectivity index (χ2v) is 5.50. The molecule has 3 rings (SSSR count). The average Bonchev–Trinajstić information content (AvgIpc) is 2.85. The Morgan fingerprint density at radius 1 is 0.783 bits per heavy atom. The van der Waals surface area contributed by atoms with Crippen molar-refractivity contribution in [3.05, 3.63) is 71.3 Å². The Kier molecular flexibility index (Phi) is 3.98. The minimum absolute atomic E-state index is 0.195. The van der Waals surface area contributed by atoms with Gasteiger partial charge in [-0.1, -0.05) is 54.6 Å². The third kappa shape index (κ3) is 2.75. The van der Waals surface area contributed by atoms with Crippen LogP contribution < -0.4 is 0 Å². The first-order valence-electron chi connectivity index (χ1n) is 7.41. The molecule has 0 aliphatic heterocycles. The lowest BCUT2D eigenvalue weighted by atomic mass is 9.99. The summed E-state index contributed by atoms with van der Waals surface area (Å²) < 4.78 is 0. The van der Waals surface area contributed by atoms with Crippen molar-refractivity contribution >= 4 is 23.0 Å². The van der Waals surface area contributed by atoms with Gasteiger partial charge in [0.15, 0.2) is 11.6 Å². The van der Waals surface area contributed by atoms with Crippen LogP contribution in [0.4, 0.5) is 0 Å². The fraction of sp³-hybridized carbons (Fsp3) is 0.158. The van der Waals surface area contributed by atoms with Crippen LogP contribution in [0.5, 0.6) is 0 Å². The van der Waals surface area contributed by atoms with Crippen LogP contribution in [0.2, 0.25) is 0 Å². The van der Waals surface area contributed by atoms with E-state index in [0.717, 1.165) is 11.3 Å². The van der Waals surface area contributed by atoms with E-state index in [-0.39, 0.29) is 11.6 Å². The maximum atomic E-state index is 12.4. The number of carbonyl (C=O) groups is 2. The van der Waals surface area contributed by atoms with E-state index < -0.39 is 5.92 Å². The Morgan fingerprint density at radius 2 is 1.30 bits per heavy atom. The molecule has 0 heterocycles. The zero-order valence-corrected chi connectivity index (χ0v) is 13.0. The van der Waals surface area contributed by atoms with E-state index in [1.165, 1.54) is 0 Å². The molecule has 0 spiro atoms. The monoisotopic (exact) mass is 304 g/mol. The molecule has 0 saturated heterocycles. The van der Waals surface area contributed by atoms with Gasteiger partial charge in [-0.15, -0.1) is 0 Å². The number of Topliss-reactive ketones (excluding diaryl/α,β-unsaturated/α-hetero) is 2. The third-order valence-electron chi connectivity index (χ3n) is 3.95. The van der Waals surface area contributed by atoms with Crippen LogP contribution >= 0.6 is 0 Å². The first-order chi connectivity index (χ1) is 11.1. The SMILES string of the molecule is CC(=NN=C(C)C1C(=O)c2ccccc2C1=O)c1ccccc1. The number of fused-ring (bicyclic) bond motifs is 1. The summed E-state index contributed by atoms with van der Waals surface area (Å²) in [5.41, 5.74) is 3.06. The van der Waals surface area contributed by atoms with Crippen molar-refractivity contribution in [1.29, 1.82) is 0 Å². The van der Waals surface area contributed by atoms with E-state index in [1.54, 1.807) is 31.2 Å². The first-order valence-corrected chi connectivity index (χ1v) is 7.41. The Labute approximate surface area is 134 Å². The Balaban J connectivity index is 1.88. The van der Waals surface area contributed by atoms with Gasteiger partial charge in [-0.3, -0.25) is 9.59 Å². The Hall–Kier alpha value is -2.88. The molecule has 1 aliphatic rings. The summed E-state index contributed by atoms with van der Waals surface area (Å²) in [7, 11) is 0. The number of carbonyl (C=O) groups excluding carboxylic acids is 2. The second-order valence-electron chi connectivity index (χ2n) is 5.50. The minimum atomic E-state index is -0.847. The number of hydrogen-bond acceptors (Lipinski definition) is 4. The van der Waals surface area contributed by atoms with Gasteiger partial charge in [0.25, 0.3) is 0 Å². The highest BCUT2D eigenvalue weighted by atomic mass is 16.2. The Morgan fingerprint density at radius 3 is 1.87 bits per heavy atom. The summed E-state index contributed by atoms with van der Waals surface area (Å²) in [6.45, 7) is 3.52. The fourth-order valence-corrected chi connectivity index (χ4v) is 2.67. The van der Waals surface area contributed by atoms with Crippen LogP contribution in [-0.2, 0) is 0 Å². The van der Waals surface area contributed by atoms with E-state index in [0.29, 0.717) is 16.8 Å². The molecule has 0 unspecified atom stereocenters. The molecule has 0 aromatic heterocycles. The van der Waals surface area contributed by atoms with Crippen LogP contribution in [0.1, 0.15) is 40.1 Å². The molecule has 0 radical (unpaired) electrons. The van der Waals surface area contributed by atoms with Crippen molar-refractivity contribution in [2.45, 2.75) is 13.8 Å². The molecule has 0 bridgehead atoms. The molecule has 2 aromatic rings. The van der Waals surface area contributed by atoms with Crippen LogP contribution in [-0.4, -0.2) is 23.0 Å². The molecule has 0 amide bonds. The van der Waals surface area contributed by atoms with Crippen LogP contribution in [0.15, 0.2) is 64.8 Å². The maximum Gasteiger partial charge on any atom is 0.180 e. The van der Waals surface area contributed by atoms with Gasteiger partial charge in [0, 0.05) is 11.1 Å². The van der Waals surface area contributed by atoms with E-state index >= 15 is 0 Å². The molecular formula is C19H16N2O2. The van der Waals surface area contributed by atoms with Crippen molar-refractivity contribution in [2.24, 2.45) is 16.1 Å². The van der Waals surface area contributed by atoms with Gasteiger partial charge in [-0.05, 0) is 19.4 Å². The number of benzene rings is 2. The number of rotatable bonds is 3. The van der Waals surface area contributed by atoms with Crippen molar-refractivity contribution in [1.82, 2.24) is 0 Å². The highest BCUT2D eigenvalue weighted by Gasteiger charge is 2.40. The smallest absolute Gasteiger partial charge is 0.180 e. The quantitative estimate of drug-likeness (QED) is 0.494. The van der Waals surface area contributed by atoms with Crippen LogP contribution in [0.3, 0.4) is 0 Å². The van der Waals surface area contributed by atoms with Gasteiger partial charge in [-0.25, -0.2) is 0 Å². The lowest BCUT2D eigenvalue weighted by Crippen LogP contribution is -2.23. The lowest BCUT2D eigenvalue weighted by Gasteiger charge is -2.05. The predicted molar refractivity (Wildman–Crippen MR) is 90.4 cm³/mol. The minimum Gasteiger partial charge on any atom is -0.293 e. The van der Waals surface area contributed by atoms with Gasteiger partial charge in [-0.2, -0.15) is 10.2 Å². The van der Waals surface area contributed by atoms with Gasteiger partial charge in [0.1, 0.15) is 5.92 Å². The van der Waals surface area contributed by atoms with Crippen molar-refractivity contribution in [2.75, 3.05) is 0 Å². The summed E-state index contributed by atoms with van der Waals surface area (Å²) >= 11 is 0. The topological polar surface area (TPSA) is 58.9 Å². The summed E-state index contributed by atoms with van der Waals surface area (Å²) in [6, 6.07) is 16.5. The molecule has 2 aromatic carbocycles. The van der Waals surface area contributed by atoms with Crippen molar-refractivity contribution in [3.63, 3.8) is 0 Å². The fourth-order valence-electron chi connectivity index (χ4n) is 2.67. The summed E-state index contributed by atoms with van der Waals surface area (Å²) in [5, 5.41) is 8.30. The molecule has 0 saturated carbocycles. The number of hydrogen-bond donors (Lipinski definition) is 0. The molecule has 1 aliphatic carbocycles. The number of nitrogens with zero attached hydrogens (tertiary/aromatic N) is 2. The normalized spacial score (nSPS) is 15.9. The van der Waals surface area contributed by atoms with Gasteiger partial charge < -0.3 is 0 Å². The molecule has 114 valence electrons. The predicted octanol–water partition coefficient (Wildman–Crippen LogP) is 3.57. The molecular weight excluding hydrogens is 288 g/mol. The molecule has 0 atom stereocenters. The molecule has 4 heteroatoms. The van der Waals surface area contributed by atoms with Gasteiger partial charge in [0.2, 0.25) is 0 Å².